The molecule has 0 saturated carbocycles. The molecule has 0 bridgehead atoms. The van der Waals surface area contributed by atoms with E-state index in [0.29, 0.717) is 5.92 Å². The Labute approximate surface area is 110 Å². The van der Waals surface area contributed by atoms with Gasteiger partial charge in [0.2, 0.25) is 0 Å². The molecular formula is C16H24O2. The van der Waals surface area contributed by atoms with E-state index in [1.807, 2.05) is 25.1 Å². The highest BCUT2D eigenvalue weighted by Crippen LogP contribution is 2.42. The first-order chi connectivity index (χ1) is 8.35. The Bertz CT molecular complexity index is 397. The van der Waals surface area contributed by atoms with Crippen LogP contribution in [0.1, 0.15) is 40.2 Å². The van der Waals surface area contributed by atoms with Crippen LogP contribution >= 0.6 is 0 Å². The first-order valence-corrected chi connectivity index (χ1v) is 6.72. The molecule has 0 aromatic heterocycles. The normalized spacial score (nSPS) is 31.6. The lowest BCUT2D eigenvalue weighted by atomic mass is 9.80. The summed E-state index contributed by atoms with van der Waals surface area (Å²) < 4.78 is 12.3. The van der Waals surface area contributed by atoms with Crippen molar-refractivity contribution in [2.45, 2.75) is 46.5 Å². The number of hydrogen-bond donors (Lipinski definition) is 0. The maximum absolute atomic E-state index is 6.31. The van der Waals surface area contributed by atoms with Gasteiger partial charge in [0.1, 0.15) is 0 Å². The summed E-state index contributed by atoms with van der Waals surface area (Å²) in [6, 6.07) is 10.2. The molecule has 2 heteroatoms. The number of benzene rings is 1. The zero-order valence-corrected chi connectivity index (χ0v) is 12.1. The Morgan fingerprint density at radius 3 is 2.28 bits per heavy atom. The fourth-order valence-corrected chi connectivity index (χ4v) is 2.77. The van der Waals surface area contributed by atoms with E-state index in [2.05, 4.69) is 39.8 Å². The third kappa shape index (κ3) is 2.45. The summed E-state index contributed by atoms with van der Waals surface area (Å²) in [5.41, 5.74) is 1.15. The zero-order valence-electron chi connectivity index (χ0n) is 12.1. The minimum atomic E-state index is -0.619. The van der Waals surface area contributed by atoms with Crippen LogP contribution in [0.25, 0.3) is 0 Å². The van der Waals surface area contributed by atoms with Gasteiger partial charge in [0.05, 0.1) is 12.7 Å². The summed E-state index contributed by atoms with van der Waals surface area (Å²) in [5.74, 6) is -0.141. The van der Waals surface area contributed by atoms with Crippen molar-refractivity contribution < 1.29 is 9.47 Å². The molecule has 100 valence electrons. The molecular weight excluding hydrogens is 224 g/mol. The second-order valence-corrected chi connectivity index (χ2v) is 6.37. The topological polar surface area (TPSA) is 18.5 Å². The summed E-state index contributed by atoms with van der Waals surface area (Å²) in [5, 5.41) is 0. The van der Waals surface area contributed by atoms with E-state index >= 15 is 0 Å². The van der Waals surface area contributed by atoms with Crippen molar-refractivity contribution in [3.63, 3.8) is 0 Å². The monoisotopic (exact) mass is 248 g/mol. The van der Waals surface area contributed by atoms with Gasteiger partial charge in [-0.05, 0) is 12.8 Å². The second kappa shape index (κ2) is 4.67. The van der Waals surface area contributed by atoms with Crippen molar-refractivity contribution >= 4 is 0 Å². The molecule has 1 aromatic rings. The van der Waals surface area contributed by atoms with Crippen LogP contribution in [0.5, 0.6) is 0 Å². The van der Waals surface area contributed by atoms with Crippen LogP contribution in [0.15, 0.2) is 30.3 Å². The SMILES string of the molecule is CC(C)[C@@H]1O[C@@](C)(c2ccccc2)OCC1(C)C. The van der Waals surface area contributed by atoms with E-state index in [1.54, 1.807) is 0 Å². The Kier molecular flexibility index (Phi) is 3.52. The number of rotatable bonds is 2. The van der Waals surface area contributed by atoms with Crippen LogP contribution in [-0.4, -0.2) is 12.7 Å². The predicted octanol–water partition coefficient (Wildman–Crippen LogP) is 3.96. The maximum atomic E-state index is 6.31. The van der Waals surface area contributed by atoms with E-state index in [-0.39, 0.29) is 11.5 Å². The Morgan fingerprint density at radius 1 is 1.11 bits per heavy atom. The Morgan fingerprint density at radius 2 is 1.72 bits per heavy atom. The predicted molar refractivity (Wildman–Crippen MR) is 73.2 cm³/mol. The summed E-state index contributed by atoms with van der Waals surface area (Å²) >= 11 is 0. The highest BCUT2D eigenvalue weighted by Gasteiger charge is 2.46. The third-order valence-electron chi connectivity index (χ3n) is 3.75. The van der Waals surface area contributed by atoms with Gasteiger partial charge in [0.15, 0.2) is 5.79 Å². The van der Waals surface area contributed by atoms with Gasteiger partial charge in [-0.1, -0.05) is 58.0 Å². The first-order valence-electron chi connectivity index (χ1n) is 6.72. The Balaban J connectivity index is 2.27. The molecule has 0 aliphatic carbocycles. The molecule has 1 saturated heterocycles. The first kappa shape index (κ1) is 13.6. The molecule has 0 unspecified atom stereocenters. The quantitative estimate of drug-likeness (QED) is 0.788. The summed E-state index contributed by atoms with van der Waals surface area (Å²) in [6.07, 6.45) is 0.205. The summed E-state index contributed by atoms with van der Waals surface area (Å²) in [4.78, 5) is 0. The molecule has 1 aliphatic rings. The van der Waals surface area contributed by atoms with Gasteiger partial charge in [-0.2, -0.15) is 0 Å². The van der Waals surface area contributed by atoms with Gasteiger partial charge in [0.25, 0.3) is 0 Å². The molecule has 2 atom stereocenters. The van der Waals surface area contributed by atoms with Gasteiger partial charge < -0.3 is 9.47 Å². The van der Waals surface area contributed by atoms with Gasteiger partial charge in [-0.15, -0.1) is 0 Å². The molecule has 0 amide bonds. The highest BCUT2D eigenvalue weighted by molar-refractivity contribution is 5.20. The highest BCUT2D eigenvalue weighted by atomic mass is 16.7. The average Bonchev–Trinajstić information content (AvgIpc) is 2.33. The molecule has 18 heavy (non-hydrogen) atoms. The zero-order chi connectivity index (χ0) is 13.4. The van der Waals surface area contributed by atoms with E-state index < -0.39 is 5.79 Å². The van der Waals surface area contributed by atoms with Crippen molar-refractivity contribution in [3.05, 3.63) is 35.9 Å². The van der Waals surface area contributed by atoms with Crippen LogP contribution in [-0.2, 0) is 15.3 Å². The van der Waals surface area contributed by atoms with Gasteiger partial charge in [-0.3, -0.25) is 0 Å². The van der Waals surface area contributed by atoms with Crippen LogP contribution in [0.3, 0.4) is 0 Å². The number of hydrogen-bond acceptors (Lipinski definition) is 2. The molecule has 1 aromatic carbocycles. The molecule has 0 spiro atoms. The van der Waals surface area contributed by atoms with Gasteiger partial charge in [-0.25, -0.2) is 0 Å². The van der Waals surface area contributed by atoms with E-state index in [1.165, 1.54) is 0 Å². The molecule has 0 N–H and O–H groups in total. The largest absolute Gasteiger partial charge is 0.345 e. The van der Waals surface area contributed by atoms with Crippen molar-refractivity contribution in [2.24, 2.45) is 11.3 Å². The maximum Gasteiger partial charge on any atom is 0.192 e. The molecule has 1 fully saturated rings. The minimum absolute atomic E-state index is 0.0580. The van der Waals surface area contributed by atoms with Crippen molar-refractivity contribution in [1.82, 2.24) is 0 Å². The molecule has 0 radical (unpaired) electrons. The molecule has 1 aliphatic heterocycles. The lowest BCUT2D eigenvalue weighted by molar-refractivity contribution is -0.337. The fourth-order valence-electron chi connectivity index (χ4n) is 2.77. The average molecular weight is 248 g/mol. The number of ether oxygens (including phenoxy) is 2. The lowest BCUT2D eigenvalue weighted by Gasteiger charge is -2.49. The van der Waals surface area contributed by atoms with Crippen LogP contribution in [0.4, 0.5) is 0 Å². The molecule has 1 heterocycles. The van der Waals surface area contributed by atoms with Gasteiger partial charge >= 0.3 is 0 Å². The van der Waals surface area contributed by atoms with E-state index in [4.69, 9.17) is 9.47 Å². The fraction of sp³-hybridized carbons (Fsp3) is 0.625. The second-order valence-electron chi connectivity index (χ2n) is 6.37. The van der Waals surface area contributed by atoms with Crippen molar-refractivity contribution in [1.29, 1.82) is 0 Å². The minimum Gasteiger partial charge on any atom is -0.345 e. The van der Waals surface area contributed by atoms with Crippen LogP contribution < -0.4 is 0 Å². The van der Waals surface area contributed by atoms with E-state index in [9.17, 15) is 0 Å². The lowest BCUT2D eigenvalue weighted by Crippen LogP contribution is -2.52. The van der Waals surface area contributed by atoms with Crippen molar-refractivity contribution in [2.75, 3.05) is 6.61 Å². The van der Waals surface area contributed by atoms with Gasteiger partial charge in [0, 0.05) is 11.0 Å². The van der Waals surface area contributed by atoms with E-state index in [0.717, 1.165) is 12.2 Å². The third-order valence-corrected chi connectivity index (χ3v) is 3.75. The summed E-state index contributed by atoms with van der Waals surface area (Å²) in [6.45, 7) is 11.6. The summed E-state index contributed by atoms with van der Waals surface area (Å²) in [7, 11) is 0. The molecule has 2 nitrogen and oxygen atoms in total. The Hall–Kier alpha value is -0.860. The van der Waals surface area contributed by atoms with Crippen LogP contribution in [0.2, 0.25) is 0 Å². The smallest absolute Gasteiger partial charge is 0.192 e. The standard InChI is InChI=1S/C16H24O2/c1-12(2)14-15(3,4)11-17-16(5,18-14)13-9-7-6-8-10-13/h6-10,12,14H,11H2,1-5H3/t14-,16-/m0/s1. The van der Waals surface area contributed by atoms with Crippen molar-refractivity contribution in [3.8, 4) is 0 Å². The molecule has 2 rings (SSSR count). The van der Waals surface area contributed by atoms with Crippen LogP contribution in [0, 0.1) is 11.3 Å².